The van der Waals surface area contributed by atoms with Gasteiger partial charge >= 0.3 is 11.9 Å². The van der Waals surface area contributed by atoms with Crippen molar-refractivity contribution in [1.82, 2.24) is 4.90 Å². The molecule has 7 heteroatoms. The van der Waals surface area contributed by atoms with Crippen molar-refractivity contribution < 1.29 is 28.5 Å². The summed E-state index contributed by atoms with van der Waals surface area (Å²) >= 11 is 0. The third-order valence-corrected chi connectivity index (χ3v) is 8.23. The lowest BCUT2D eigenvalue weighted by Crippen LogP contribution is -2.33. The maximum absolute atomic E-state index is 12.9. The normalized spacial score (nSPS) is 17.2. The van der Waals surface area contributed by atoms with E-state index >= 15 is 0 Å². The molecule has 2 aliphatic rings. The Morgan fingerprint density at radius 3 is 2.13 bits per heavy atom. The smallest absolute Gasteiger partial charge is 0.338 e. The van der Waals surface area contributed by atoms with E-state index in [0.29, 0.717) is 23.7 Å². The lowest BCUT2D eigenvalue weighted by atomic mass is 9.86. The number of rotatable bonds is 8. The number of nitrogens with zero attached hydrogens (tertiary/aromatic N) is 1. The van der Waals surface area contributed by atoms with Crippen molar-refractivity contribution in [1.29, 1.82) is 0 Å². The first-order valence-electron chi connectivity index (χ1n) is 16.3. The van der Waals surface area contributed by atoms with Gasteiger partial charge in [0.1, 0.15) is 35.6 Å². The van der Waals surface area contributed by atoms with Crippen molar-refractivity contribution >= 4 is 23.1 Å². The summed E-state index contributed by atoms with van der Waals surface area (Å²) in [5, 5.41) is 0. The Kier molecular flexibility index (Phi) is 9.92. The lowest BCUT2D eigenvalue weighted by Gasteiger charge is -2.31. The number of hydrogen-bond donors (Lipinski definition) is 0. The topological polar surface area (TPSA) is 74.3 Å². The van der Waals surface area contributed by atoms with E-state index in [1.54, 1.807) is 12.1 Å². The number of fused-ring (bicyclic) bond motifs is 1. The summed E-state index contributed by atoms with van der Waals surface area (Å²) in [4.78, 5) is 27.9. The highest BCUT2D eigenvalue weighted by Gasteiger charge is 2.31. The Morgan fingerprint density at radius 2 is 1.50 bits per heavy atom. The van der Waals surface area contributed by atoms with Crippen LogP contribution in [0.25, 0.3) is 11.1 Å². The number of carbonyl (C=O) groups excluding carboxylic acids is 2. The number of likely N-dealkylation sites (tertiary alicyclic amines) is 1. The third kappa shape index (κ3) is 8.18. The summed E-state index contributed by atoms with van der Waals surface area (Å²) in [6, 6.07) is 21.1. The number of benzene rings is 3. The molecule has 0 amide bonds. The second-order valence-electron chi connectivity index (χ2n) is 14.2. The molecule has 3 aromatic rings. The summed E-state index contributed by atoms with van der Waals surface area (Å²) in [6.45, 7) is 17.0. The maximum Gasteiger partial charge on any atom is 0.338 e. The van der Waals surface area contributed by atoms with Crippen LogP contribution in [0.3, 0.4) is 0 Å². The Balaban J connectivity index is 1.44. The van der Waals surface area contributed by atoms with E-state index in [1.807, 2.05) is 96.1 Å². The molecule has 0 bridgehead atoms. The first kappa shape index (κ1) is 33.3. The molecule has 0 N–H and O–H groups in total. The summed E-state index contributed by atoms with van der Waals surface area (Å²) < 4.78 is 24.1. The average Bonchev–Trinajstić information content (AvgIpc) is 3.01. The number of ether oxygens (including phenoxy) is 4. The fourth-order valence-corrected chi connectivity index (χ4v) is 5.70. The number of hydrogen-bond acceptors (Lipinski definition) is 7. The SMILES string of the molecule is CC1=C(c2ccc(OC(=O)C(C)(C)C)cc2)[C@H](c2ccc(OCCN3CCCCC3)cc2)Oc2cc(C(=O)OC(C)(C)C)ccc21. The van der Waals surface area contributed by atoms with Crippen molar-refractivity contribution in [3.05, 3.63) is 89.0 Å². The molecule has 2 aliphatic heterocycles. The molecule has 0 spiro atoms. The molecule has 0 aromatic heterocycles. The predicted molar refractivity (Wildman–Crippen MR) is 181 cm³/mol. The van der Waals surface area contributed by atoms with Crippen molar-refractivity contribution in [2.24, 2.45) is 5.41 Å². The zero-order valence-corrected chi connectivity index (χ0v) is 28.3. The summed E-state index contributed by atoms with van der Waals surface area (Å²) in [7, 11) is 0. The summed E-state index contributed by atoms with van der Waals surface area (Å²) in [6.07, 6.45) is 3.39. The van der Waals surface area contributed by atoms with Gasteiger partial charge in [0.15, 0.2) is 0 Å². The minimum absolute atomic E-state index is 0.289. The van der Waals surface area contributed by atoms with E-state index in [-0.39, 0.29) is 5.97 Å². The molecule has 1 saturated heterocycles. The lowest BCUT2D eigenvalue weighted by molar-refractivity contribution is -0.143. The Bertz CT molecular complexity index is 1570. The monoisotopic (exact) mass is 625 g/mol. The molecule has 1 atom stereocenters. The first-order valence-corrected chi connectivity index (χ1v) is 16.3. The van der Waals surface area contributed by atoms with Crippen LogP contribution in [0, 0.1) is 5.41 Å². The Hall–Kier alpha value is -4.10. The molecular formula is C39H47NO6. The van der Waals surface area contributed by atoms with Gasteiger partial charge in [0.05, 0.1) is 11.0 Å². The van der Waals surface area contributed by atoms with Gasteiger partial charge in [-0.05, 0) is 127 Å². The van der Waals surface area contributed by atoms with Crippen LogP contribution in [0.2, 0.25) is 0 Å². The van der Waals surface area contributed by atoms with Crippen LogP contribution in [0.5, 0.6) is 17.2 Å². The van der Waals surface area contributed by atoms with Crippen LogP contribution < -0.4 is 14.2 Å². The van der Waals surface area contributed by atoms with Crippen molar-refractivity contribution in [3.8, 4) is 17.2 Å². The standard InChI is InChI=1S/C39H47NO6/c1-26-32-20-15-29(36(41)46-39(5,6)7)25-33(32)45-35(34(26)27-11-18-31(19-12-27)44-37(42)38(2,3)4)28-13-16-30(17-14-28)43-24-23-40-21-9-8-10-22-40/h11-20,25,35H,8-10,21-24H2,1-7H3/t35-/m0/s1. The predicted octanol–water partition coefficient (Wildman–Crippen LogP) is 8.52. The van der Waals surface area contributed by atoms with E-state index in [2.05, 4.69) is 11.8 Å². The molecule has 2 heterocycles. The van der Waals surface area contributed by atoms with Crippen LogP contribution in [0.15, 0.2) is 66.7 Å². The zero-order chi connectivity index (χ0) is 33.1. The fourth-order valence-electron chi connectivity index (χ4n) is 5.70. The molecule has 7 nitrogen and oxygen atoms in total. The number of piperidine rings is 1. The molecule has 0 unspecified atom stereocenters. The van der Waals surface area contributed by atoms with Crippen LogP contribution >= 0.6 is 0 Å². The highest BCUT2D eigenvalue weighted by atomic mass is 16.6. The Labute approximate surface area is 273 Å². The highest BCUT2D eigenvalue weighted by molar-refractivity contribution is 5.97. The molecule has 0 aliphatic carbocycles. The van der Waals surface area contributed by atoms with Gasteiger partial charge < -0.3 is 18.9 Å². The van der Waals surface area contributed by atoms with Crippen LogP contribution in [-0.2, 0) is 9.53 Å². The van der Waals surface area contributed by atoms with Gasteiger partial charge in [-0.1, -0.05) is 36.8 Å². The highest BCUT2D eigenvalue weighted by Crippen LogP contribution is 2.47. The van der Waals surface area contributed by atoms with E-state index in [1.165, 1.54) is 19.3 Å². The van der Waals surface area contributed by atoms with Gasteiger partial charge in [0.25, 0.3) is 0 Å². The molecule has 1 fully saturated rings. The second-order valence-corrected chi connectivity index (χ2v) is 14.2. The minimum Gasteiger partial charge on any atom is -0.492 e. The molecule has 0 saturated carbocycles. The van der Waals surface area contributed by atoms with Crippen molar-refractivity contribution in [2.75, 3.05) is 26.2 Å². The largest absolute Gasteiger partial charge is 0.492 e. The second kappa shape index (κ2) is 13.7. The van der Waals surface area contributed by atoms with Crippen molar-refractivity contribution in [2.45, 2.75) is 79.4 Å². The molecule has 244 valence electrons. The zero-order valence-electron chi connectivity index (χ0n) is 28.3. The fraction of sp³-hybridized carbons (Fsp3) is 0.436. The molecule has 3 aromatic carbocycles. The van der Waals surface area contributed by atoms with E-state index in [9.17, 15) is 9.59 Å². The van der Waals surface area contributed by atoms with Crippen LogP contribution in [-0.4, -0.2) is 48.7 Å². The van der Waals surface area contributed by atoms with E-state index < -0.39 is 23.1 Å². The average molecular weight is 626 g/mol. The Morgan fingerprint density at radius 1 is 0.848 bits per heavy atom. The third-order valence-electron chi connectivity index (χ3n) is 8.23. The van der Waals surface area contributed by atoms with Gasteiger partial charge in [0, 0.05) is 17.7 Å². The van der Waals surface area contributed by atoms with E-state index in [0.717, 1.165) is 53.2 Å². The van der Waals surface area contributed by atoms with Gasteiger partial charge in [-0.2, -0.15) is 0 Å². The molecule has 0 radical (unpaired) electrons. The quantitative estimate of drug-likeness (QED) is 0.184. The van der Waals surface area contributed by atoms with Gasteiger partial charge in [-0.25, -0.2) is 4.79 Å². The summed E-state index contributed by atoms with van der Waals surface area (Å²) in [5.41, 5.74) is 4.05. The van der Waals surface area contributed by atoms with E-state index in [4.69, 9.17) is 18.9 Å². The first-order chi connectivity index (χ1) is 21.8. The number of allylic oxidation sites excluding steroid dienone is 1. The van der Waals surface area contributed by atoms with Crippen LogP contribution in [0.4, 0.5) is 0 Å². The molecule has 5 rings (SSSR count). The summed E-state index contributed by atoms with van der Waals surface area (Å²) in [5.74, 6) is 1.24. The van der Waals surface area contributed by atoms with Gasteiger partial charge in [0.2, 0.25) is 0 Å². The number of carbonyl (C=O) groups is 2. The molecule has 46 heavy (non-hydrogen) atoms. The van der Waals surface area contributed by atoms with Crippen LogP contribution in [0.1, 0.15) is 101 Å². The van der Waals surface area contributed by atoms with Gasteiger partial charge in [-0.3, -0.25) is 9.69 Å². The number of esters is 2. The maximum atomic E-state index is 12.9. The molecular weight excluding hydrogens is 578 g/mol. The minimum atomic E-state index is -0.607. The van der Waals surface area contributed by atoms with Crippen molar-refractivity contribution in [3.63, 3.8) is 0 Å². The van der Waals surface area contributed by atoms with Gasteiger partial charge in [-0.15, -0.1) is 0 Å².